The number of carbonyl (C=O) groups excluding carboxylic acids is 2. The third-order valence-corrected chi connectivity index (χ3v) is 4.86. The predicted molar refractivity (Wildman–Crippen MR) is 121 cm³/mol. The van der Waals surface area contributed by atoms with Gasteiger partial charge in [-0.1, -0.05) is 48.5 Å². The molecule has 0 unspecified atom stereocenters. The largest absolute Gasteiger partial charge is 0.484 e. The van der Waals surface area contributed by atoms with Crippen molar-refractivity contribution >= 4 is 17.6 Å². The van der Waals surface area contributed by atoms with Crippen molar-refractivity contribution in [2.24, 2.45) is 0 Å². The van der Waals surface area contributed by atoms with Gasteiger partial charge in [-0.3, -0.25) is 4.79 Å². The maximum absolute atomic E-state index is 12.5. The zero-order valence-electron chi connectivity index (χ0n) is 17.4. The van der Waals surface area contributed by atoms with Crippen molar-refractivity contribution in [1.82, 2.24) is 0 Å². The number of hydrogen-bond donors (Lipinski definition) is 1. The number of hydrogen-bond acceptors (Lipinski definition) is 5. The number of nitrogens with one attached hydrogen (secondary N) is 1. The summed E-state index contributed by atoms with van der Waals surface area (Å²) in [6, 6.07) is 24.1. The van der Waals surface area contributed by atoms with E-state index in [4.69, 9.17) is 13.9 Å². The van der Waals surface area contributed by atoms with Crippen LogP contribution in [-0.4, -0.2) is 25.6 Å². The Morgan fingerprint density at radius 3 is 2.38 bits per heavy atom. The van der Waals surface area contributed by atoms with Crippen LogP contribution < -0.4 is 10.1 Å². The van der Waals surface area contributed by atoms with Gasteiger partial charge in [0, 0.05) is 5.56 Å². The summed E-state index contributed by atoms with van der Waals surface area (Å²) in [5, 5.41) is 2.74. The molecule has 1 N–H and O–H groups in total. The van der Waals surface area contributed by atoms with Crippen LogP contribution in [0.4, 0.5) is 5.69 Å². The molecular weight excluding hydrogens is 406 g/mol. The van der Waals surface area contributed by atoms with Crippen LogP contribution in [0.15, 0.2) is 95.8 Å². The zero-order chi connectivity index (χ0) is 22.3. The van der Waals surface area contributed by atoms with Gasteiger partial charge in [0.1, 0.15) is 5.75 Å². The van der Waals surface area contributed by atoms with E-state index in [0.717, 1.165) is 22.3 Å². The van der Waals surface area contributed by atoms with Crippen LogP contribution in [0.3, 0.4) is 0 Å². The van der Waals surface area contributed by atoms with Gasteiger partial charge in [0.05, 0.1) is 30.9 Å². The van der Waals surface area contributed by atoms with Gasteiger partial charge in [-0.25, -0.2) is 4.79 Å². The molecule has 0 aliphatic carbocycles. The van der Waals surface area contributed by atoms with E-state index >= 15 is 0 Å². The van der Waals surface area contributed by atoms with Gasteiger partial charge in [0.25, 0.3) is 5.91 Å². The van der Waals surface area contributed by atoms with E-state index in [-0.39, 0.29) is 12.2 Å². The van der Waals surface area contributed by atoms with Gasteiger partial charge in [-0.15, -0.1) is 0 Å². The number of carbonyl (C=O) groups is 2. The Hall–Kier alpha value is -4.32. The summed E-state index contributed by atoms with van der Waals surface area (Å²) < 4.78 is 15.6. The van der Waals surface area contributed by atoms with Gasteiger partial charge in [-0.2, -0.15) is 0 Å². The molecule has 0 spiro atoms. The summed E-state index contributed by atoms with van der Waals surface area (Å²) in [6.45, 7) is -0.212. The van der Waals surface area contributed by atoms with Crippen LogP contribution >= 0.6 is 0 Å². The minimum Gasteiger partial charge on any atom is -0.484 e. The van der Waals surface area contributed by atoms with Crippen molar-refractivity contribution in [2.45, 2.75) is 0 Å². The molecule has 3 aromatic carbocycles. The molecule has 0 aliphatic rings. The highest BCUT2D eigenvalue weighted by molar-refractivity contribution is 6.02. The zero-order valence-corrected chi connectivity index (χ0v) is 17.4. The summed E-state index contributed by atoms with van der Waals surface area (Å²) in [4.78, 5) is 24.8. The Morgan fingerprint density at radius 2 is 1.62 bits per heavy atom. The summed E-state index contributed by atoms with van der Waals surface area (Å²) in [5.41, 5.74) is 4.26. The summed E-state index contributed by atoms with van der Waals surface area (Å²) in [5.74, 6) is -0.380. The number of rotatable bonds is 7. The van der Waals surface area contributed by atoms with Crippen molar-refractivity contribution in [3.05, 3.63) is 97.0 Å². The van der Waals surface area contributed by atoms with E-state index in [9.17, 15) is 9.59 Å². The Bertz CT molecular complexity index is 1220. The fraction of sp³-hybridized carbons (Fsp3) is 0.0769. The number of esters is 1. The second kappa shape index (κ2) is 9.66. The number of furan rings is 1. The lowest BCUT2D eigenvalue weighted by atomic mass is 10.0. The molecular formula is C26H21NO5. The Morgan fingerprint density at radius 1 is 0.844 bits per heavy atom. The first-order valence-corrected chi connectivity index (χ1v) is 9.97. The second-order valence-electron chi connectivity index (χ2n) is 6.99. The topological polar surface area (TPSA) is 77.8 Å². The molecule has 0 radical (unpaired) electrons. The SMILES string of the molecule is COC(=O)c1cc(-c2ccccc2)ccc1NC(=O)COc1cccc(-c2ccoc2)c1. The maximum atomic E-state index is 12.5. The Labute approximate surface area is 185 Å². The van der Waals surface area contributed by atoms with Gasteiger partial charge in [0.15, 0.2) is 6.61 Å². The van der Waals surface area contributed by atoms with E-state index in [1.165, 1.54) is 7.11 Å². The van der Waals surface area contributed by atoms with E-state index in [2.05, 4.69) is 5.32 Å². The Balaban J connectivity index is 1.47. The maximum Gasteiger partial charge on any atom is 0.339 e. The average Bonchev–Trinajstić information content (AvgIpc) is 3.38. The average molecular weight is 427 g/mol. The highest BCUT2D eigenvalue weighted by Crippen LogP contribution is 2.27. The van der Waals surface area contributed by atoms with E-state index in [1.54, 1.807) is 30.7 Å². The summed E-state index contributed by atoms with van der Waals surface area (Å²) in [7, 11) is 1.30. The molecule has 160 valence electrons. The lowest BCUT2D eigenvalue weighted by molar-refractivity contribution is -0.118. The highest BCUT2D eigenvalue weighted by Gasteiger charge is 2.16. The first-order chi connectivity index (χ1) is 15.6. The monoisotopic (exact) mass is 427 g/mol. The molecule has 1 aromatic heterocycles. The third kappa shape index (κ3) is 4.87. The molecule has 6 nitrogen and oxygen atoms in total. The number of benzene rings is 3. The normalized spacial score (nSPS) is 10.4. The third-order valence-electron chi connectivity index (χ3n) is 4.86. The van der Waals surface area contributed by atoms with Gasteiger partial charge in [0.2, 0.25) is 0 Å². The van der Waals surface area contributed by atoms with Crippen molar-refractivity contribution < 1.29 is 23.5 Å². The van der Waals surface area contributed by atoms with Crippen LogP contribution in [0.5, 0.6) is 5.75 Å². The lowest BCUT2D eigenvalue weighted by Gasteiger charge is -2.13. The number of amides is 1. The predicted octanol–water partition coefficient (Wildman–Crippen LogP) is 5.42. The molecule has 0 saturated carbocycles. The van der Waals surface area contributed by atoms with Gasteiger partial charge >= 0.3 is 5.97 Å². The molecule has 0 bridgehead atoms. The molecule has 4 aromatic rings. The highest BCUT2D eigenvalue weighted by atomic mass is 16.5. The lowest BCUT2D eigenvalue weighted by Crippen LogP contribution is -2.21. The quantitative estimate of drug-likeness (QED) is 0.399. The van der Waals surface area contributed by atoms with Crippen LogP contribution in [0.1, 0.15) is 10.4 Å². The van der Waals surface area contributed by atoms with Gasteiger partial charge in [-0.05, 0) is 47.0 Å². The fourth-order valence-corrected chi connectivity index (χ4v) is 3.27. The molecule has 0 fully saturated rings. The second-order valence-corrected chi connectivity index (χ2v) is 6.99. The molecule has 32 heavy (non-hydrogen) atoms. The first-order valence-electron chi connectivity index (χ1n) is 9.97. The number of ether oxygens (including phenoxy) is 2. The minimum absolute atomic E-state index is 0.212. The minimum atomic E-state index is -0.535. The standard InChI is InChI=1S/C26H21NO5/c1-30-26(29)23-15-20(18-6-3-2-4-7-18)10-11-24(23)27-25(28)17-32-22-9-5-8-19(14-22)21-12-13-31-16-21/h2-16H,17H2,1H3,(H,27,28). The number of methoxy groups -OCH3 is 1. The van der Waals surface area contributed by atoms with E-state index < -0.39 is 11.9 Å². The van der Waals surface area contributed by atoms with Crippen molar-refractivity contribution in [3.8, 4) is 28.0 Å². The molecule has 4 rings (SSSR count). The fourth-order valence-electron chi connectivity index (χ4n) is 3.27. The molecule has 6 heteroatoms. The van der Waals surface area contributed by atoms with Crippen LogP contribution in [0, 0.1) is 0 Å². The van der Waals surface area contributed by atoms with E-state index in [0.29, 0.717) is 11.4 Å². The van der Waals surface area contributed by atoms with Crippen molar-refractivity contribution in [1.29, 1.82) is 0 Å². The van der Waals surface area contributed by atoms with Crippen molar-refractivity contribution in [2.75, 3.05) is 19.0 Å². The summed E-state index contributed by atoms with van der Waals surface area (Å²) in [6.07, 6.45) is 3.23. The molecule has 1 amide bonds. The number of anilines is 1. The van der Waals surface area contributed by atoms with Crippen LogP contribution in [0.2, 0.25) is 0 Å². The molecule has 0 aliphatic heterocycles. The summed E-state index contributed by atoms with van der Waals surface area (Å²) >= 11 is 0. The first kappa shape index (κ1) is 20.9. The Kier molecular flexibility index (Phi) is 6.32. The van der Waals surface area contributed by atoms with Crippen LogP contribution in [0.25, 0.3) is 22.3 Å². The van der Waals surface area contributed by atoms with Gasteiger partial charge < -0.3 is 19.2 Å². The molecule has 0 atom stereocenters. The smallest absolute Gasteiger partial charge is 0.339 e. The van der Waals surface area contributed by atoms with Crippen LogP contribution in [-0.2, 0) is 9.53 Å². The van der Waals surface area contributed by atoms with Crippen molar-refractivity contribution in [3.63, 3.8) is 0 Å². The molecule has 0 saturated heterocycles. The molecule has 1 heterocycles. The van der Waals surface area contributed by atoms with E-state index in [1.807, 2.05) is 60.7 Å².